The van der Waals surface area contributed by atoms with E-state index in [1.165, 1.54) is 0 Å². The molecule has 1 amide bonds. The highest BCUT2D eigenvalue weighted by Crippen LogP contribution is 2.29. The van der Waals surface area contributed by atoms with Gasteiger partial charge < -0.3 is 9.47 Å². The van der Waals surface area contributed by atoms with Gasteiger partial charge in [-0.1, -0.05) is 46.3 Å². The van der Waals surface area contributed by atoms with E-state index in [4.69, 9.17) is 9.47 Å². The molecule has 0 saturated carbocycles. The summed E-state index contributed by atoms with van der Waals surface area (Å²) in [6.07, 6.45) is 0. The van der Waals surface area contributed by atoms with E-state index in [2.05, 4.69) is 26.5 Å². The summed E-state index contributed by atoms with van der Waals surface area (Å²) >= 11 is 3.35. The molecule has 0 bridgehead atoms. The maximum absolute atomic E-state index is 11.8. The Morgan fingerprint density at radius 2 is 1.91 bits per heavy atom. The molecule has 6 heteroatoms. The van der Waals surface area contributed by atoms with E-state index in [-0.39, 0.29) is 12.5 Å². The van der Waals surface area contributed by atoms with Gasteiger partial charge >= 0.3 is 0 Å². The third-order valence-corrected chi connectivity index (χ3v) is 3.52. The number of methoxy groups -OCH3 is 1. The molecule has 2 aromatic rings. The molecule has 0 aliphatic carbocycles. The molecule has 0 aromatic heterocycles. The van der Waals surface area contributed by atoms with E-state index < -0.39 is 0 Å². The fourth-order valence-electron chi connectivity index (χ4n) is 1.83. The molecule has 0 aliphatic rings. The van der Waals surface area contributed by atoms with Crippen LogP contribution in [0.2, 0.25) is 0 Å². The lowest BCUT2D eigenvalue weighted by Crippen LogP contribution is -2.25. The maximum atomic E-state index is 11.8. The maximum Gasteiger partial charge on any atom is 0.277 e. The number of nitrogens with zero attached hydrogens (tertiary/aromatic N) is 1. The van der Waals surface area contributed by atoms with Crippen molar-refractivity contribution in [2.45, 2.75) is 6.92 Å². The van der Waals surface area contributed by atoms with Gasteiger partial charge in [0.1, 0.15) is 0 Å². The number of amides is 1. The lowest BCUT2D eigenvalue weighted by molar-refractivity contribution is -0.123. The Morgan fingerprint density at radius 3 is 2.61 bits per heavy atom. The van der Waals surface area contributed by atoms with Crippen molar-refractivity contribution in [2.24, 2.45) is 5.10 Å². The minimum atomic E-state index is -0.342. The number of carbonyl (C=O) groups excluding carboxylic acids is 1. The van der Waals surface area contributed by atoms with Gasteiger partial charge in [-0.3, -0.25) is 4.79 Å². The first-order chi connectivity index (χ1) is 11.1. The molecule has 23 heavy (non-hydrogen) atoms. The standard InChI is InChI=1S/C17H17BrN2O3/c1-12(13-6-4-3-5-7-13)19-20-17(21)11-23-15-9-8-14(18)10-16(15)22-2/h3-10H,11H2,1-2H3,(H,20,21)/b19-12-. The summed E-state index contributed by atoms with van der Waals surface area (Å²) in [5.41, 5.74) is 4.14. The molecule has 2 aromatic carbocycles. The van der Waals surface area contributed by atoms with Crippen molar-refractivity contribution in [3.05, 3.63) is 58.6 Å². The number of hydrazone groups is 1. The average molecular weight is 377 g/mol. The van der Waals surface area contributed by atoms with Gasteiger partial charge in [0.15, 0.2) is 18.1 Å². The van der Waals surface area contributed by atoms with Crippen molar-refractivity contribution < 1.29 is 14.3 Å². The van der Waals surface area contributed by atoms with Crippen LogP contribution in [0.3, 0.4) is 0 Å². The molecule has 2 rings (SSSR count). The zero-order valence-corrected chi connectivity index (χ0v) is 14.5. The number of ether oxygens (including phenoxy) is 2. The number of benzene rings is 2. The Morgan fingerprint density at radius 1 is 1.17 bits per heavy atom. The minimum Gasteiger partial charge on any atom is -0.493 e. The highest BCUT2D eigenvalue weighted by atomic mass is 79.9. The van der Waals surface area contributed by atoms with E-state index >= 15 is 0 Å². The smallest absolute Gasteiger partial charge is 0.277 e. The second-order valence-electron chi connectivity index (χ2n) is 4.68. The molecule has 120 valence electrons. The fourth-order valence-corrected chi connectivity index (χ4v) is 2.17. The van der Waals surface area contributed by atoms with Crippen LogP contribution in [0, 0.1) is 0 Å². The lowest BCUT2D eigenvalue weighted by Gasteiger charge is -2.10. The van der Waals surface area contributed by atoms with Crippen molar-refractivity contribution in [3.63, 3.8) is 0 Å². The summed E-state index contributed by atoms with van der Waals surface area (Å²) in [5.74, 6) is 0.705. The van der Waals surface area contributed by atoms with Crippen LogP contribution in [0.15, 0.2) is 58.1 Å². The number of nitrogens with one attached hydrogen (secondary N) is 1. The fraction of sp³-hybridized carbons (Fsp3) is 0.176. The summed E-state index contributed by atoms with van der Waals surface area (Å²) in [6.45, 7) is 1.68. The first-order valence-electron chi connectivity index (χ1n) is 6.95. The summed E-state index contributed by atoms with van der Waals surface area (Å²) in [5, 5.41) is 4.06. The van der Waals surface area contributed by atoms with Gasteiger partial charge in [-0.2, -0.15) is 5.10 Å². The van der Waals surface area contributed by atoms with E-state index in [1.54, 1.807) is 19.2 Å². The van der Waals surface area contributed by atoms with Crippen molar-refractivity contribution in [1.82, 2.24) is 5.43 Å². The number of rotatable bonds is 6. The second kappa shape index (κ2) is 8.33. The van der Waals surface area contributed by atoms with Crippen LogP contribution in [0.25, 0.3) is 0 Å². The van der Waals surface area contributed by atoms with Gasteiger partial charge in [0.25, 0.3) is 5.91 Å². The van der Waals surface area contributed by atoms with Gasteiger partial charge in [0.05, 0.1) is 12.8 Å². The highest BCUT2D eigenvalue weighted by Gasteiger charge is 2.08. The Balaban J connectivity index is 1.91. The first kappa shape index (κ1) is 17.0. The SMILES string of the molecule is COc1cc(Br)ccc1OCC(=O)N/N=C(/C)c1ccccc1. The third-order valence-electron chi connectivity index (χ3n) is 3.02. The molecular formula is C17H17BrN2O3. The molecular weight excluding hydrogens is 360 g/mol. The largest absolute Gasteiger partial charge is 0.493 e. The zero-order chi connectivity index (χ0) is 16.7. The molecule has 0 aliphatic heterocycles. The van der Waals surface area contributed by atoms with E-state index in [1.807, 2.05) is 43.3 Å². The van der Waals surface area contributed by atoms with Gasteiger partial charge in [0, 0.05) is 4.47 Å². The quantitative estimate of drug-likeness (QED) is 0.620. The Kier molecular flexibility index (Phi) is 6.17. The molecule has 0 saturated heterocycles. The molecule has 0 atom stereocenters. The topological polar surface area (TPSA) is 59.9 Å². The van der Waals surface area contributed by atoms with Crippen LogP contribution in [-0.4, -0.2) is 25.3 Å². The van der Waals surface area contributed by atoms with Crippen LogP contribution in [0.1, 0.15) is 12.5 Å². The van der Waals surface area contributed by atoms with Crippen LogP contribution < -0.4 is 14.9 Å². The number of hydrogen-bond acceptors (Lipinski definition) is 4. The predicted octanol–water partition coefficient (Wildman–Crippen LogP) is 3.38. The minimum absolute atomic E-state index is 0.149. The monoisotopic (exact) mass is 376 g/mol. The normalized spacial score (nSPS) is 11.0. The number of hydrogen-bond donors (Lipinski definition) is 1. The summed E-state index contributed by atoms with van der Waals surface area (Å²) < 4.78 is 11.5. The van der Waals surface area contributed by atoms with Gasteiger partial charge in [-0.05, 0) is 30.7 Å². The molecule has 0 spiro atoms. The van der Waals surface area contributed by atoms with E-state index in [0.29, 0.717) is 11.5 Å². The summed E-state index contributed by atoms with van der Waals surface area (Å²) in [7, 11) is 1.54. The Bertz CT molecular complexity index is 702. The van der Waals surface area contributed by atoms with Crippen LogP contribution in [-0.2, 0) is 4.79 Å². The number of halogens is 1. The Hall–Kier alpha value is -2.34. The Labute approximate surface area is 143 Å². The van der Waals surface area contributed by atoms with Crippen LogP contribution in [0.4, 0.5) is 0 Å². The molecule has 0 radical (unpaired) electrons. The molecule has 5 nitrogen and oxygen atoms in total. The molecule has 0 unspecified atom stereocenters. The first-order valence-corrected chi connectivity index (χ1v) is 7.74. The van der Waals surface area contributed by atoms with Crippen molar-refractivity contribution in [2.75, 3.05) is 13.7 Å². The van der Waals surface area contributed by atoms with Crippen LogP contribution in [0.5, 0.6) is 11.5 Å². The number of carbonyl (C=O) groups is 1. The van der Waals surface area contributed by atoms with Crippen molar-refractivity contribution in [3.8, 4) is 11.5 Å². The highest BCUT2D eigenvalue weighted by molar-refractivity contribution is 9.10. The van der Waals surface area contributed by atoms with Gasteiger partial charge in [0.2, 0.25) is 0 Å². The predicted molar refractivity (Wildman–Crippen MR) is 93.0 cm³/mol. The molecule has 0 heterocycles. The molecule has 1 N–H and O–H groups in total. The van der Waals surface area contributed by atoms with Gasteiger partial charge in [-0.15, -0.1) is 0 Å². The summed E-state index contributed by atoms with van der Waals surface area (Å²) in [6, 6.07) is 14.9. The molecule has 0 fully saturated rings. The van der Waals surface area contributed by atoms with E-state index in [0.717, 1.165) is 15.7 Å². The van der Waals surface area contributed by atoms with Crippen molar-refractivity contribution >= 4 is 27.5 Å². The lowest BCUT2D eigenvalue weighted by atomic mass is 10.1. The van der Waals surface area contributed by atoms with Gasteiger partial charge in [-0.25, -0.2) is 5.43 Å². The third kappa shape index (κ3) is 5.10. The average Bonchev–Trinajstić information content (AvgIpc) is 2.59. The summed E-state index contributed by atoms with van der Waals surface area (Å²) in [4.78, 5) is 11.8. The van der Waals surface area contributed by atoms with E-state index in [9.17, 15) is 4.79 Å². The van der Waals surface area contributed by atoms with Crippen LogP contribution >= 0.6 is 15.9 Å². The van der Waals surface area contributed by atoms with Crippen molar-refractivity contribution in [1.29, 1.82) is 0 Å². The second-order valence-corrected chi connectivity index (χ2v) is 5.60. The zero-order valence-electron chi connectivity index (χ0n) is 12.9.